The van der Waals surface area contributed by atoms with Crippen LogP contribution in [-0.4, -0.2) is 29.1 Å². The summed E-state index contributed by atoms with van der Waals surface area (Å²) in [6.07, 6.45) is 5.96. The van der Waals surface area contributed by atoms with Gasteiger partial charge in [0.15, 0.2) is 0 Å². The molecular formula is C22H28F2N2O2. The number of unbranched alkanes of at least 4 members (excludes halogenated alkanes) is 4. The van der Waals surface area contributed by atoms with Gasteiger partial charge in [-0.25, -0.2) is 13.6 Å². The van der Waals surface area contributed by atoms with Gasteiger partial charge in [0.1, 0.15) is 17.4 Å². The van der Waals surface area contributed by atoms with Crippen molar-refractivity contribution in [3.05, 3.63) is 59.7 Å². The van der Waals surface area contributed by atoms with E-state index in [2.05, 4.69) is 12.2 Å². The molecule has 0 radical (unpaired) electrons. The lowest BCUT2D eigenvalue weighted by atomic mass is 10.1. The first-order valence-corrected chi connectivity index (χ1v) is 9.78. The van der Waals surface area contributed by atoms with Crippen molar-refractivity contribution < 1.29 is 18.7 Å². The minimum absolute atomic E-state index is 0.0352. The third-order valence-corrected chi connectivity index (χ3v) is 4.60. The minimum atomic E-state index is -0.796. The Hall–Kier alpha value is -2.63. The predicted molar refractivity (Wildman–Crippen MR) is 108 cm³/mol. The molecule has 0 saturated heterocycles. The van der Waals surface area contributed by atoms with Crippen LogP contribution in [0.25, 0.3) is 0 Å². The van der Waals surface area contributed by atoms with Gasteiger partial charge < -0.3 is 15.3 Å². The number of hydrogen-bond donors (Lipinski definition) is 2. The van der Waals surface area contributed by atoms with Crippen LogP contribution in [-0.2, 0) is 6.42 Å². The molecule has 0 saturated carbocycles. The maximum absolute atomic E-state index is 13.9. The van der Waals surface area contributed by atoms with Crippen LogP contribution in [0.4, 0.5) is 19.3 Å². The third kappa shape index (κ3) is 7.18. The fourth-order valence-corrected chi connectivity index (χ4v) is 2.93. The SMILES string of the molecule is CCCCCCCN(CCc1ccc(O)cc1)C(=O)Nc1ccc(F)cc1F. The lowest BCUT2D eigenvalue weighted by Gasteiger charge is -2.23. The van der Waals surface area contributed by atoms with Crippen molar-refractivity contribution in [1.82, 2.24) is 4.90 Å². The van der Waals surface area contributed by atoms with Crippen molar-refractivity contribution in [2.45, 2.75) is 45.4 Å². The van der Waals surface area contributed by atoms with Gasteiger partial charge in [-0.05, 0) is 42.7 Å². The predicted octanol–water partition coefficient (Wildman–Crippen LogP) is 5.72. The molecule has 0 spiro atoms. The number of aromatic hydroxyl groups is 1. The Balaban J connectivity index is 1.98. The summed E-state index contributed by atoms with van der Waals surface area (Å²) >= 11 is 0. The molecular weight excluding hydrogens is 362 g/mol. The second-order valence-electron chi connectivity index (χ2n) is 6.87. The van der Waals surface area contributed by atoms with E-state index in [0.29, 0.717) is 19.5 Å². The van der Waals surface area contributed by atoms with E-state index in [0.717, 1.165) is 43.4 Å². The van der Waals surface area contributed by atoms with Gasteiger partial charge in [0.25, 0.3) is 0 Å². The molecule has 0 aromatic heterocycles. The summed E-state index contributed by atoms with van der Waals surface area (Å²) in [5, 5.41) is 11.9. The molecule has 6 heteroatoms. The van der Waals surface area contributed by atoms with Crippen LogP contribution >= 0.6 is 0 Å². The zero-order chi connectivity index (χ0) is 20.4. The van der Waals surface area contributed by atoms with Crippen LogP contribution < -0.4 is 5.32 Å². The zero-order valence-electron chi connectivity index (χ0n) is 16.3. The molecule has 0 bridgehead atoms. The van der Waals surface area contributed by atoms with E-state index >= 15 is 0 Å². The number of anilines is 1. The number of carbonyl (C=O) groups excluding carboxylic acids is 1. The number of nitrogens with one attached hydrogen (secondary N) is 1. The Bertz CT molecular complexity index is 751. The van der Waals surface area contributed by atoms with Crippen LogP contribution in [0, 0.1) is 11.6 Å². The van der Waals surface area contributed by atoms with Gasteiger partial charge in [-0.15, -0.1) is 0 Å². The zero-order valence-corrected chi connectivity index (χ0v) is 16.3. The average molecular weight is 390 g/mol. The van der Waals surface area contributed by atoms with E-state index in [-0.39, 0.29) is 11.4 Å². The average Bonchev–Trinajstić information content (AvgIpc) is 2.67. The van der Waals surface area contributed by atoms with Gasteiger partial charge in [0.2, 0.25) is 0 Å². The highest BCUT2D eigenvalue weighted by Gasteiger charge is 2.15. The van der Waals surface area contributed by atoms with E-state index in [1.807, 2.05) is 12.1 Å². The molecule has 2 aromatic carbocycles. The summed E-state index contributed by atoms with van der Waals surface area (Å²) in [6.45, 7) is 3.18. The van der Waals surface area contributed by atoms with Crippen molar-refractivity contribution >= 4 is 11.7 Å². The van der Waals surface area contributed by atoms with Crippen LogP contribution in [0.15, 0.2) is 42.5 Å². The Labute approximate surface area is 165 Å². The largest absolute Gasteiger partial charge is 0.508 e. The second-order valence-corrected chi connectivity index (χ2v) is 6.87. The van der Waals surface area contributed by atoms with Gasteiger partial charge in [-0.2, -0.15) is 0 Å². The molecule has 28 heavy (non-hydrogen) atoms. The highest BCUT2D eigenvalue weighted by atomic mass is 19.1. The first-order chi connectivity index (χ1) is 13.5. The first-order valence-electron chi connectivity index (χ1n) is 9.78. The summed E-state index contributed by atoms with van der Waals surface area (Å²) in [6, 6.07) is 9.53. The van der Waals surface area contributed by atoms with Crippen LogP contribution in [0.3, 0.4) is 0 Å². The number of benzene rings is 2. The Morgan fingerprint density at radius 2 is 1.71 bits per heavy atom. The summed E-state index contributed by atoms with van der Waals surface area (Å²) in [7, 11) is 0. The fraction of sp³-hybridized carbons (Fsp3) is 0.409. The van der Waals surface area contributed by atoms with Crippen molar-refractivity contribution in [3.63, 3.8) is 0 Å². The maximum Gasteiger partial charge on any atom is 0.321 e. The molecule has 0 heterocycles. The number of carbonyl (C=O) groups is 1. The van der Waals surface area contributed by atoms with Crippen LogP contribution in [0.5, 0.6) is 5.75 Å². The van der Waals surface area contributed by atoms with Gasteiger partial charge in [0, 0.05) is 19.2 Å². The standard InChI is InChI=1S/C22H28F2N2O2/c1-2-3-4-5-6-14-26(15-13-17-7-10-19(27)11-8-17)22(28)25-21-12-9-18(23)16-20(21)24/h7-12,16,27H,2-6,13-15H2,1H3,(H,25,28). The maximum atomic E-state index is 13.9. The second kappa shape index (κ2) is 11.3. The molecule has 0 aliphatic rings. The smallest absolute Gasteiger partial charge is 0.321 e. The molecule has 0 aliphatic heterocycles. The Morgan fingerprint density at radius 3 is 2.39 bits per heavy atom. The fourth-order valence-electron chi connectivity index (χ4n) is 2.93. The first kappa shape index (κ1) is 21.7. The highest BCUT2D eigenvalue weighted by Crippen LogP contribution is 2.16. The minimum Gasteiger partial charge on any atom is -0.508 e. The van der Waals surface area contributed by atoms with E-state index in [4.69, 9.17) is 0 Å². The molecule has 2 aromatic rings. The van der Waals surface area contributed by atoms with Crippen molar-refractivity contribution in [2.75, 3.05) is 18.4 Å². The Kier molecular flexibility index (Phi) is 8.72. The normalized spacial score (nSPS) is 10.7. The van der Waals surface area contributed by atoms with E-state index in [1.165, 1.54) is 12.5 Å². The van der Waals surface area contributed by atoms with Crippen LogP contribution in [0.2, 0.25) is 0 Å². The number of phenols is 1. The van der Waals surface area contributed by atoms with Crippen molar-refractivity contribution in [3.8, 4) is 5.75 Å². The lowest BCUT2D eigenvalue weighted by Crippen LogP contribution is -2.37. The number of amides is 2. The number of hydrogen-bond acceptors (Lipinski definition) is 2. The summed E-state index contributed by atoms with van der Waals surface area (Å²) in [5.74, 6) is -1.29. The van der Waals surface area contributed by atoms with E-state index in [9.17, 15) is 18.7 Å². The molecule has 0 fully saturated rings. The van der Waals surface area contributed by atoms with Crippen molar-refractivity contribution in [1.29, 1.82) is 0 Å². The summed E-state index contributed by atoms with van der Waals surface area (Å²) < 4.78 is 26.9. The van der Waals surface area contributed by atoms with Gasteiger partial charge >= 0.3 is 6.03 Å². The van der Waals surface area contributed by atoms with E-state index in [1.54, 1.807) is 17.0 Å². The highest BCUT2D eigenvalue weighted by molar-refractivity contribution is 5.89. The number of nitrogens with zero attached hydrogens (tertiary/aromatic N) is 1. The number of halogens is 2. The van der Waals surface area contributed by atoms with Crippen LogP contribution in [0.1, 0.15) is 44.6 Å². The molecule has 0 unspecified atom stereocenters. The number of urea groups is 1. The van der Waals surface area contributed by atoms with Gasteiger partial charge in [-0.1, -0.05) is 44.7 Å². The molecule has 2 amide bonds. The molecule has 0 aliphatic carbocycles. The molecule has 0 atom stereocenters. The monoisotopic (exact) mass is 390 g/mol. The Morgan fingerprint density at radius 1 is 1.00 bits per heavy atom. The van der Waals surface area contributed by atoms with Gasteiger partial charge in [0.05, 0.1) is 5.69 Å². The number of rotatable bonds is 10. The van der Waals surface area contributed by atoms with Crippen molar-refractivity contribution in [2.24, 2.45) is 0 Å². The summed E-state index contributed by atoms with van der Waals surface area (Å²) in [5.41, 5.74) is 0.960. The topological polar surface area (TPSA) is 52.6 Å². The summed E-state index contributed by atoms with van der Waals surface area (Å²) in [4.78, 5) is 14.3. The van der Waals surface area contributed by atoms with E-state index < -0.39 is 17.7 Å². The third-order valence-electron chi connectivity index (χ3n) is 4.60. The van der Waals surface area contributed by atoms with Gasteiger partial charge in [-0.3, -0.25) is 0 Å². The molecule has 152 valence electrons. The molecule has 2 N–H and O–H groups in total. The molecule has 4 nitrogen and oxygen atoms in total. The number of phenolic OH excluding ortho intramolecular Hbond substituents is 1. The lowest BCUT2D eigenvalue weighted by molar-refractivity contribution is 0.210. The quantitative estimate of drug-likeness (QED) is 0.510. The molecule has 2 rings (SSSR count).